The van der Waals surface area contributed by atoms with Crippen LogP contribution < -0.4 is 9.47 Å². The van der Waals surface area contributed by atoms with Gasteiger partial charge in [0.2, 0.25) is 5.88 Å². The Hall–Kier alpha value is -3.34. The monoisotopic (exact) mass is 321 g/mol. The molecule has 2 aromatic carbocycles. The van der Waals surface area contributed by atoms with E-state index in [1.54, 1.807) is 12.1 Å². The van der Waals surface area contributed by atoms with Gasteiger partial charge in [-0.05, 0) is 29.3 Å². The van der Waals surface area contributed by atoms with E-state index < -0.39 is 6.16 Å². The van der Waals surface area contributed by atoms with Gasteiger partial charge in [-0.2, -0.15) is 0 Å². The minimum absolute atomic E-state index is 0.0306. The van der Waals surface area contributed by atoms with Crippen LogP contribution in [0.1, 0.15) is 5.69 Å². The Morgan fingerprint density at radius 1 is 0.875 bits per heavy atom. The molecule has 0 fully saturated rings. The molecule has 0 aliphatic rings. The fourth-order valence-electron chi connectivity index (χ4n) is 2.22. The van der Waals surface area contributed by atoms with Gasteiger partial charge in [0, 0.05) is 6.07 Å². The van der Waals surface area contributed by atoms with Crippen LogP contribution in [0.5, 0.6) is 11.6 Å². The molecule has 0 aliphatic carbocycles. The van der Waals surface area contributed by atoms with Gasteiger partial charge >= 0.3 is 6.16 Å². The van der Waals surface area contributed by atoms with Gasteiger partial charge in [0.15, 0.2) is 0 Å². The second-order valence-corrected chi connectivity index (χ2v) is 5.01. The number of carboxylic acid groups (broad SMARTS) is 1. The number of hydrogen-bond donors (Lipinski definition) is 1. The zero-order valence-corrected chi connectivity index (χ0v) is 12.8. The maximum absolute atomic E-state index is 10.5. The van der Waals surface area contributed by atoms with Gasteiger partial charge in [0.05, 0.1) is 5.69 Å². The second kappa shape index (κ2) is 7.28. The third kappa shape index (κ3) is 4.10. The molecule has 120 valence electrons. The molecule has 0 atom stereocenters. The lowest BCUT2D eigenvalue weighted by Gasteiger charge is -2.08. The summed E-state index contributed by atoms with van der Waals surface area (Å²) in [6.45, 7) is 0.224. The number of rotatable bonds is 5. The smallest absolute Gasteiger partial charge is 0.487 e. The highest BCUT2D eigenvalue weighted by molar-refractivity contribution is 5.63. The van der Waals surface area contributed by atoms with Crippen LogP contribution in [-0.2, 0) is 6.61 Å². The first-order chi connectivity index (χ1) is 11.7. The highest BCUT2D eigenvalue weighted by Gasteiger charge is 2.04. The minimum Gasteiger partial charge on any atom is -0.487 e. The lowest BCUT2D eigenvalue weighted by molar-refractivity contribution is 0.142. The average Bonchev–Trinajstić information content (AvgIpc) is 2.61. The van der Waals surface area contributed by atoms with Gasteiger partial charge < -0.3 is 14.6 Å². The molecular formula is C19H15NO4. The highest BCUT2D eigenvalue weighted by Crippen LogP contribution is 2.22. The van der Waals surface area contributed by atoms with E-state index in [2.05, 4.69) is 9.72 Å². The summed E-state index contributed by atoms with van der Waals surface area (Å²) in [5.74, 6) is 0.740. The predicted molar refractivity (Wildman–Crippen MR) is 89.1 cm³/mol. The first kappa shape index (κ1) is 15.6. The lowest BCUT2D eigenvalue weighted by atomic mass is 10.1. The SMILES string of the molecule is O=C(O)Oc1cccc(COc2ccc(-c3ccccc3)cc2)n1. The molecule has 24 heavy (non-hydrogen) atoms. The van der Waals surface area contributed by atoms with Crippen LogP contribution in [0.2, 0.25) is 0 Å². The summed E-state index contributed by atoms with van der Waals surface area (Å²) in [6.07, 6.45) is -1.39. The third-order valence-electron chi connectivity index (χ3n) is 3.32. The number of ether oxygens (including phenoxy) is 2. The highest BCUT2D eigenvalue weighted by atomic mass is 16.7. The Bertz CT molecular complexity index is 816. The fourth-order valence-corrected chi connectivity index (χ4v) is 2.22. The van der Waals surface area contributed by atoms with E-state index >= 15 is 0 Å². The second-order valence-electron chi connectivity index (χ2n) is 5.01. The molecule has 5 heteroatoms. The maximum atomic E-state index is 10.5. The van der Waals surface area contributed by atoms with E-state index in [0.29, 0.717) is 11.4 Å². The summed E-state index contributed by atoms with van der Waals surface area (Å²) >= 11 is 0. The molecular weight excluding hydrogens is 306 g/mol. The van der Waals surface area contributed by atoms with Crippen molar-refractivity contribution < 1.29 is 19.4 Å². The van der Waals surface area contributed by atoms with Crippen molar-refractivity contribution in [1.82, 2.24) is 4.98 Å². The van der Waals surface area contributed by atoms with Crippen molar-refractivity contribution in [1.29, 1.82) is 0 Å². The number of carbonyl (C=O) groups is 1. The molecule has 0 bridgehead atoms. The predicted octanol–water partition coefficient (Wildman–Crippen LogP) is 4.38. The van der Waals surface area contributed by atoms with Crippen molar-refractivity contribution in [3.8, 4) is 22.8 Å². The Labute approximate surface area is 139 Å². The van der Waals surface area contributed by atoms with E-state index in [1.807, 2.05) is 54.6 Å². The topological polar surface area (TPSA) is 68.7 Å². The molecule has 1 aromatic heterocycles. The van der Waals surface area contributed by atoms with Crippen LogP contribution in [0.4, 0.5) is 4.79 Å². The number of aromatic nitrogens is 1. The van der Waals surface area contributed by atoms with E-state index in [4.69, 9.17) is 9.84 Å². The normalized spacial score (nSPS) is 10.2. The molecule has 0 saturated carbocycles. The zero-order chi connectivity index (χ0) is 16.8. The summed E-state index contributed by atoms with van der Waals surface area (Å²) in [5.41, 5.74) is 2.84. The summed E-state index contributed by atoms with van der Waals surface area (Å²) < 4.78 is 10.2. The molecule has 1 heterocycles. The molecule has 0 amide bonds. The molecule has 1 N–H and O–H groups in total. The maximum Gasteiger partial charge on any atom is 0.512 e. The molecule has 0 radical (unpaired) electrons. The van der Waals surface area contributed by atoms with Gasteiger partial charge in [0.1, 0.15) is 12.4 Å². The van der Waals surface area contributed by atoms with Crippen LogP contribution in [0.25, 0.3) is 11.1 Å². The Balaban J connectivity index is 1.64. The van der Waals surface area contributed by atoms with Crippen molar-refractivity contribution in [2.45, 2.75) is 6.61 Å². The number of pyridine rings is 1. The molecule has 0 spiro atoms. The van der Waals surface area contributed by atoms with Gasteiger partial charge in [-0.3, -0.25) is 0 Å². The molecule has 0 aliphatic heterocycles. The molecule has 3 aromatic rings. The number of benzene rings is 2. The van der Waals surface area contributed by atoms with Crippen LogP contribution in [0, 0.1) is 0 Å². The summed E-state index contributed by atoms with van der Waals surface area (Å²) in [5, 5.41) is 8.59. The Morgan fingerprint density at radius 3 is 2.29 bits per heavy atom. The van der Waals surface area contributed by atoms with Gasteiger partial charge in [0.25, 0.3) is 0 Å². The molecule has 0 saturated heterocycles. The Kier molecular flexibility index (Phi) is 4.72. The van der Waals surface area contributed by atoms with Crippen LogP contribution in [0.15, 0.2) is 72.8 Å². The number of hydrogen-bond acceptors (Lipinski definition) is 4. The van der Waals surface area contributed by atoms with Crippen molar-refractivity contribution >= 4 is 6.16 Å². The van der Waals surface area contributed by atoms with Crippen LogP contribution >= 0.6 is 0 Å². The van der Waals surface area contributed by atoms with E-state index in [-0.39, 0.29) is 12.5 Å². The van der Waals surface area contributed by atoms with Gasteiger partial charge in [-0.15, -0.1) is 0 Å². The summed E-state index contributed by atoms with van der Waals surface area (Å²) in [4.78, 5) is 14.6. The molecule has 5 nitrogen and oxygen atoms in total. The fraction of sp³-hybridized carbons (Fsp3) is 0.0526. The molecule has 0 unspecified atom stereocenters. The van der Waals surface area contributed by atoms with Crippen LogP contribution in [0.3, 0.4) is 0 Å². The minimum atomic E-state index is -1.39. The van der Waals surface area contributed by atoms with E-state index in [1.165, 1.54) is 6.07 Å². The number of nitrogens with zero attached hydrogens (tertiary/aromatic N) is 1. The Morgan fingerprint density at radius 2 is 1.58 bits per heavy atom. The van der Waals surface area contributed by atoms with Crippen molar-refractivity contribution in [2.24, 2.45) is 0 Å². The van der Waals surface area contributed by atoms with Crippen molar-refractivity contribution in [3.63, 3.8) is 0 Å². The van der Waals surface area contributed by atoms with Gasteiger partial charge in [-0.1, -0.05) is 48.5 Å². The molecule has 3 rings (SSSR count). The van der Waals surface area contributed by atoms with E-state index in [9.17, 15) is 4.79 Å². The largest absolute Gasteiger partial charge is 0.512 e. The van der Waals surface area contributed by atoms with Gasteiger partial charge in [-0.25, -0.2) is 9.78 Å². The van der Waals surface area contributed by atoms with Crippen molar-refractivity contribution in [3.05, 3.63) is 78.5 Å². The average molecular weight is 321 g/mol. The standard InChI is InChI=1S/C19H15NO4/c21-19(22)24-18-8-4-7-16(20-18)13-23-17-11-9-15(10-12-17)14-5-2-1-3-6-14/h1-12H,13H2,(H,21,22). The van der Waals surface area contributed by atoms with E-state index in [0.717, 1.165) is 11.1 Å². The van der Waals surface area contributed by atoms with Crippen LogP contribution in [-0.4, -0.2) is 16.2 Å². The van der Waals surface area contributed by atoms with Crippen molar-refractivity contribution in [2.75, 3.05) is 0 Å². The first-order valence-electron chi connectivity index (χ1n) is 7.36. The quantitative estimate of drug-likeness (QED) is 0.706. The summed E-state index contributed by atoms with van der Waals surface area (Å²) in [6, 6.07) is 22.7. The first-order valence-corrected chi connectivity index (χ1v) is 7.36. The third-order valence-corrected chi connectivity index (χ3v) is 3.32. The zero-order valence-electron chi connectivity index (χ0n) is 12.8. The summed E-state index contributed by atoms with van der Waals surface area (Å²) in [7, 11) is 0. The lowest BCUT2D eigenvalue weighted by Crippen LogP contribution is -2.06.